The minimum Gasteiger partial charge on any atom is -0.497 e. The zero-order valence-electron chi connectivity index (χ0n) is 16.2. The predicted octanol–water partition coefficient (Wildman–Crippen LogP) is 4.18. The van der Waals surface area contributed by atoms with Crippen LogP contribution in [0.3, 0.4) is 0 Å². The van der Waals surface area contributed by atoms with Gasteiger partial charge < -0.3 is 9.84 Å². The number of hydrogen-bond donors (Lipinski definition) is 1. The molecule has 0 aliphatic carbocycles. The van der Waals surface area contributed by atoms with Gasteiger partial charge in [0.25, 0.3) is 0 Å². The van der Waals surface area contributed by atoms with Crippen LogP contribution in [0.2, 0.25) is 0 Å². The zero-order chi connectivity index (χ0) is 20.4. The Hall–Kier alpha value is -2.88. The highest BCUT2D eigenvalue weighted by molar-refractivity contribution is 7.99. The van der Waals surface area contributed by atoms with E-state index in [1.807, 2.05) is 55.7 Å². The van der Waals surface area contributed by atoms with Gasteiger partial charge >= 0.3 is 0 Å². The monoisotopic (exact) mass is 393 g/mol. The summed E-state index contributed by atoms with van der Waals surface area (Å²) in [5.41, 5.74) is 4.44. The first-order valence-corrected chi connectivity index (χ1v) is 9.95. The first-order chi connectivity index (χ1) is 13.6. The number of aliphatic hydroxyl groups excluding tert-OH is 1. The summed E-state index contributed by atoms with van der Waals surface area (Å²) < 4.78 is 5.00. The maximum atomic E-state index is 8.93. The number of hydrogen-bond acceptors (Lipinski definition) is 6. The number of allylic oxidation sites excluding steroid dienone is 1. The average Bonchev–Trinajstić information content (AvgIpc) is 2.97. The molecule has 3 rings (SSSR count). The van der Waals surface area contributed by atoms with Crippen molar-refractivity contribution in [3.63, 3.8) is 0 Å². The van der Waals surface area contributed by atoms with Crippen molar-refractivity contribution in [2.75, 3.05) is 13.4 Å². The number of aromatic nitrogens is 1. The molecule has 2 heterocycles. The third-order valence-electron chi connectivity index (χ3n) is 4.09. The number of pyridine rings is 1. The number of ether oxygens (including phenoxy) is 1. The molecule has 0 spiro atoms. The highest BCUT2D eigenvalue weighted by atomic mass is 32.2. The van der Waals surface area contributed by atoms with Crippen LogP contribution in [-0.4, -0.2) is 34.9 Å². The fourth-order valence-electron chi connectivity index (χ4n) is 2.44. The molecule has 1 aromatic carbocycles. The van der Waals surface area contributed by atoms with Crippen molar-refractivity contribution >= 4 is 23.7 Å². The van der Waals surface area contributed by atoms with Gasteiger partial charge in [0.15, 0.2) is 0 Å². The van der Waals surface area contributed by atoms with Crippen LogP contribution >= 0.6 is 11.8 Å². The van der Waals surface area contributed by atoms with Crippen LogP contribution in [0.5, 0.6) is 5.75 Å². The van der Waals surface area contributed by atoms with Gasteiger partial charge in [0.1, 0.15) is 11.8 Å². The molecule has 1 unspecified atom stereocenters. The summed E-state index contributed by atoms with van der Waals surface area (Å²) >= 11 is 1.67. The van der Waals surface area contributed by atoms with Crippen molar-refractivity contribution in [2.45, 2.75) is 18.8 Å². The van der Waals surface area contributed by atoms with Crippen LogP contribution in [0.4, 0.5) is 0 Å². The second-order valence-electron chi connectivity index (χ2n) is 5.94. The molecule has 28 heavy (non-hydrogen) atoms. The van der Waals surface area contributed by atoms with E-state index in [4.69, 9.17) is 15.1 Å². The molecule has 1 atom stereocenters. The molecule has 6 heteroatoms. The van der Waals surface area contributed by atoms with E-state index in [-0.39, 0.29) is 11.9 Å². The molecule has 1 aliphatic heterocycles. The summed E-state index contributed by atoms with van der Waals surface area (Å²) in [7, 11) is 1.62. The van der Waals surface area contributed by atoms with E-state index in [0.29, 0.717) is 5.57 Å². The first kappa shape index (κ1) is 21.4. The van der Waals surface area contributed by atoms with E-state index in [1.54, 1.807) is 37.5 Å². The third kappa shape index (κ3) is 6.08. The van der Waals surface area contributed by atoms with E-state index in [1.165, 1.54) is 0 Å². The van der Waals surface area contributed by atoms with Gasteiger partial charge in [0, 0.05) is 29.4 Å². The van der Waals surface area contributed by atoms with Gasteiger partial charge in [0.05, 0.1) is 25.0 Å². The van der Waals surface area contributed by atoms with Crippen molar-refractivity contribution in [3.05, 3.63) is 77.1 Å². The number of thioether (sulfide) groups is 1. The quantitative estimate of drug-likeness (QED) is 0.843. The zero-order valence-corrected chi connectivity index (χ0v) is 17.0. The van der Waals surface area contributed by atoms with Gasteiger partial charge in [-0.2, -0.15) is 17.0 Å². The van der Waals surface area contributed by atoms with Crippen LogP contribution in [0, 0.1) is 18.3 Å². The molecule has 1 N–H and O–H groups in total. The topological polar surface area (TPSA) is 78.5 Å². The van der Waals surface area contributed by atoms with Gasteiger partial charge in [-0.3, -0.25) is 9.98 Å². The number of aliphatic imine (C=N–C) groups is 1. The fourth-order valence-corrected chi connectivity index (χ4v) is 2.99. The number of nitriles is 1. The van der Waals surface area contributed by atoms with Gasteiger partial charge in [-0.1, -0.05) is 6.07 Å². The number of aryl methyl sites for hydroxylation is 1. The number of aliphatic hydroxyl groups is 1. The molecule has 144 valence electrons. The van der Waals surface area contributed by atoms with Crippen molar-refractivity contribution in [3.8, 4) is 11.8 Å². The summed E-state index contributed by atoms with van der Waals surface area (Å²) in [5, 5.41) is 18.0. The summed E-state index contributed by atoms with van der Waals surface area (Å²) in [6.07, 6.45) is 11.1. The van der Waals surface area contributed by atoms with E-state index >= 15 is 0 Å². The Balaban J connectivity index is 0.000000221. The van der Waals surface area contributed by atoms with E-state index in [9.17, 15) is 0 Å². The van der Waals surface area contributed by atoms with Crippen molar-refractivity contribution in [1.29, 1.82) is 5.26 Å². The Labute approximate surface area is 170 Å². The van der Waals surface area contributed by atoms with E-state index < -0.39 is 0 Å². The summed E-state index contributed by atoms with van der Waals surface area (Å²) in [4.78, 5) is 8.41. The summed E-state index contributed by atoms with van der Waals surface area (Å²) in [6, 6.07) is 11.6. The summed E-state index contributed by atoms with van der Waals surface area (Å²) in [6.45, 7) is 2.04. The maximum Gasteiger partial charge on any atom is 0.119 e. The van der Waals surface area contributed by atoms with Crippen LogP contribution in [0.15, 0.2) is 65.4 Å². The fraction of sp³-hybridized carbons (Fsp3) is 0.227. The highest BCUT2D eigenvalue weighted by Gasteiger charge is 2.09. The Bertz CT molecular complexity index is 915. The van der Waals surface area contributed by atoms with Crippen LogP contribution < -0.4 is 4.74 Å². The highest BCUT2D eigenvalue weighted by Crippen LogP contribution is 2.23. The molecule has 0 amide bonds. The SMILES string of the molecule is COc1ccc(C)c(CO)c1.CSC1C=C(C#N)C=NC(c2cccnc2)=C1. The maximum absolute atomic E-state index is 8.93. The van der Waals surface area contributed by atoms with Gasteiger partial charge in [-0.25, -0.2) is 0 Å². The minimum atomic E-state index is 0.0725. The Morgan fingerprint density at radius 2 is 2.11 bits per heavy atom. The van der Waals surface area contributed by atoms with Gasteiger partial charge in [0.2, 0.25) is 0 Å². The summed E-state index contributed by atoms with van der Waals surface area (Å²) in [5.74, 6) is 0.791. The molecule has 1 aromatic heterocycles. The van der Waals surface area contributed by atoms with Crippen molar-refractivity contribution < 1.29 is 9.84 Å². The Kier molecular flexibility index (Phi) is 8.47. The molecule has 0 radical (unpaired) electrons. The largest absolute Gasteiger partial charge is 0.497 e. The van der Waals surface area contributed by atoms with Crippen LogP contribution in [-0.2, 0) is 6.61 Å². The Morgan fingerprint density at radius 1 is 1.29 bits per heavy atom. The average molecular weight is 394 g/mol. The first-order valence-electron chi connectivity index (χ1n) is 8.66. The molecule has 0 bridgehead atoms. The molecule has 0 saturated carbocycles. The van der Waals surface area contributed by atoms with E-state index in [0.717, 1.165) is 28.1 Å². The molecular weight excluding hydrogens is 370 g/mol. The lowest BCUT2D eigenvalue weighted by Gasteiger charge is -2.04. The number of nitrogens with zero attached hydrogens (tertiary/aromatic N) is 3. The number of methoxy groups -OCH3 is 1. The van der Waals surface area contributed by atoms with Crippen LogP contribution in [0.25, 0.3) is 5.70 Å². The lowest BCUT2D eigenvalue weighted by molar-refractivity contribution is 0.280. The van der Waals surface area contributed by atoms with Crippen molar-refractivity contribution in [1.82, 2.24) is 4.98 Å². The lowest BCUT2D eigenvalue weighted by atomic mass is 10.1. The van der Waals surface area contributed by atoms with Gasteiger partial charge in [-0.05, 0) is 60.7 Å². The Morgan fingerprint density at radius 3 is 2.71 bits per heavy atom. The van der Waals surface area contributed by atoms with E-state index in [2.05, 4.69) is 16.0 Å². The second kappa shape index (κ2) is 11.1. The molecule has 0 saturated heterocycles. The lowest BCUT2D eigenvalue weighted by Crippen LogP contribution is -1.94. The second-order valence-corrected chi connectivity index (χ2v) is 6.95. The number of rotatable bonds is 4. The van der Waals surface area contributed by atoms with Gasteiger partial charge in [-0.15, -0.1) is 0 Å². The van der Waals surface area contributed by atoms with Crippen LogP contribution in [0.1, 0.15) is 16.7 Å². The molecule has 5 nitrogen and oxygen atoms in total. The minimum absolute atomic E-state index is 0.0725. The molecule has 1 aliphatic rings. The molecule has 2 aromatic rings. The smallest absolute Gasteiger partial charge is 0.119 e. The van der Waals surface area contributed by atoms with Crippen molar-refractivity contribution in [2.24, 2.45) is 4.99 Å². The molecular formula is C22H23N3O2S. The normalized spacial score (nSPS) is 15.3. The molecule has 0 fully saturated rings. The standard InChI is InChI=1S/C13H11N3S.C9H12O2/c1-17-12-5-10(7-14)8-16-13(6-12)11-3-2-4-15-9-11;1-7-3-4-9(11-2)5-8(7)6-10/h2-6,8-9,12H,1H3;3-5,10H,6H2,1-2H3. The number of benzene rings is 1. The predicted molar refractivity (Wildman–Crippen MR) is 115 cm³/mol. The third-order valence-corrected chi connectivity index (χ3v) is 4.91.